The molecular formula is C8H12F3NO4S. The van der Waals surface area contributed by atoms with Crippen LogP contribution in [0.2, 0.25) is 0 Å². The highest BCUT2D eigenvalue weighted by Gasteiger charge is 2.49. The van der Waals surface area contributed by atoms with Crippen LogP contribution in [0.4, 0.5) is 13.2 Å². The largest absolute Gasteiger partial charge is 0.511 e. The molecule has 1 aliphatic rings. The number of carboxylic acids is 1. The molecule has 1 saturated carbocycles. The summed E-state index contributed by atoms with van der Waals surface area (Å²) in [6.45, 7) is -0.718. The summed E-state index contributed by atoms with van der Waals surface area (Å²) in [7, 11) is -5.47. The van der Waals surface area contributed by atoms with Gasteiger partial charge in [0.2, 0.25) is 0 Å². The van der Waals surface area contributed by atoms with Gasteiger partial charge in [0.1, 0.15) is 0 Å². The molecule has 1 fully saturated rings. The smallest absolute Gasteiger partial charge is 0.481 e. The van der Waals surface area contributed by atoms with Crippen molar-refractivity contribution in [2.24, 2.45) is 5.41 Å². The molecule has 0 aliphatic heterocycles. The van der Waals surface area contributed by atoms with Crippen molar-refractivity contribution in [2.45, 2.75) is 31.2 Å². The number of nitrogens with one attached hydrogen (secondary N) is 1. The number of carbonyl (C=O) groups is 1. The minimum Gasteiger partial charge on any atom is -0.481 e. The summed E-state index contributed by atoms with van der Waals surface area (Å²) in [5, 5.41) is 8.95. The summed E-state index contributed by atoms with van der Waals surface area (Å²) in [4.78, 5) is 11.0. The van der Waals surface area contributed by atoms with Crippen LogP contribution < -0.4 is 4.72 Å². The fraction of sp³-hybridized carbons (Fsp3) is 0.875. The lowest BCUT2D eigenvalue weighted by atomic mass is 9.87. The Bertz CT molecular complexity index is 397. The van der Waals surface area contributed by atoms with Crippen molar-refractivity contribution in [2.75, 3.05) is 6.54 Å². The average molecular weight is 275 g/mol. The van der Waals surface area contributed by atoms with Crippen LogP contribution in [0.25, 0.3) is 0 Å². The number of aliphatic carboxylic acids is 1. The maximum absolute atomic E-state index is 12.0. The number of rotatable bonds is 4. The van der Waals surface area contributed by atoms with E-state index in [4.69, 9.17) is 5.11 Å². The Labute approximate surface area is 96.1 Å². The molecule has 0 aromatic heterocycles. The van der Waals surface area contributed by atoms with Crippen LogP contribution in [0, 0.1) is 5.41 Å². The van der Waals surface area contributed by atoms with Crippen LogP contribution in [-0.2, 0) is 14.8 Å². The molecular weight excluding hydrogens is 263 g/mol. The van der Waals surface area contributed by atoms with Gasteiger partial charge in [-0.3, -0.25) is 4.79 Å². The highest BCUT2D eigenvalue weighted by molar-refractivity contribution is 7.90. The van der Waals surface area contributed by atoms with Crippen molar-refractivity contribution in [1.82, 2.24) is 4.72 Å². The minimum atomic E-state index is -5.47. The molecule has 0 aromatic rings. The van der Waals surface area contributed by atoms with Gasteiger partial charge in [-0.1, -0.05) is 12.8 Å². The molecule has 0 heterocycles. The fourth-order valence-electron chi connectivity index (χ4n) is 1.83. The molecule has 0 unspecified atom stereocenters. The van der Waals surface area contributed by atoms with Gasteiger partial charge in [-0.15, -0.1) is 0 Å². The third kappa shape index (κ3) is 2.89. The van der Waals surface area contributed by atoms with E-state index >= 15 is 0 Å². The van der Waals surface area contributed by atoms with Crippen LogP contribution in [0.1, 0.15) is 25.7 Å². The first kappa shape index (κ1) is 14.2. The van der Waals surface area contributed by atoms with Crippen LogP contribution in [0.5, 0.6) is 0 Å². The molecule has 1 aliphatic carbocycles. The van der Waals surface area contributed by atoms with Gasteiger partial charge in [0.15, 0.2) is 0 Å². The van der Waals surface area contributed by atoms with Crippen molar-refractivity contribution in [3.8, 4) is 0 Å². The van der Waals surface area contributed by atoms with Crippen LogP contribution in [0.15, 0.2) is 0 Å². The van der Waals surface area contributed by atoms with E-state index in [1.807, 2.05) is 0 Å². The summed E-state index contributed by atoms with van der Waals surface area (Å²) in [5.74, 6) is -1.26. The van der Waals surface area contributed by atoms with Crippen LogP contribution >= 0.6 is 0 Å². The van der Waals surface area contributed by atoms with Crippen molar-refractivity contribution in [1.29, 1.82) is 0 Å². The van der Waals surface area contributed by atoms with Gasteiger partial charge in [0.25, 0.3) is 0 Å². The second-order valence-electron chi connectivity index (χ2n) is 4.06. The number of hydrogen-bond donors (Lipinski definition) is 2. The summed E-state index contributed by atoms with van der Waals surface area (Å²) >= 11 is 0. The third-order valence-electron chi connectivity index (χ3n) is 2.92. The monoisotopic (exact) mass is 275 g/mol. The molecule has 0 saturated heterocycles. The van der Waals surface area contributed by atoms with Crippen molar-refractivity contribution in [3.63, 3.8) is 0 Å². The molecule has 0 amide bonds. The van der Waals surface area contributed by atoms with Crippen molar-refractivity contribution < 1.29 is 31.5 Å². The van der Waals surface area contributed by atoms with Gasteiger partial charge < -0.3 is 5.11 Å². The van der Waals surface area contributed by atoms with E-state index in [1.165, 1.54) is 4.72 Å². The first-order chi connectivity index (χ1) is 7.61. The number of halogens is 3. The summed E-state index contributed by atoms with van der Waals surface area (Å²) < 4.78 is 58.9. The molecule has 0 radical (unpaired) electrons. The maximum atomic E-state index is 12.0. The topological polar surface area (TPSA) is 83.5 Å². The molecule has 0 atom stereocenters. The van der Waals surface area contributed by atoms with E-state index in [0.29, 0.717) is 12.8 Å². The van der Waals surface area contributed by atoms with Crippen LogP contribution in [-0.4, -0.2) is 31.5 Å². The zero-order chi connectivity index (χ0) is 13.3. The van der Waals surface area contributed by atoms with Gasteiger partial charge in [0.05, 0.1) is 5.41 Å². The molecule has 17 heavy (non-hydrogen) atoms. The van der Waals surface area contributed by atoms with Gasteiger partial charge in [-0.2, -0.15) is 13.2 Å². The predicted molar refractivity (Wildman–Crippen MR) is 51.5 cm³/mol. The highest BCUT2D eigenvalue weighted by Crippen LogP contribution is 2.38. The molecule has 100 valence electrons. The number of hydrogen-bond acceptors (Lipinski definition) is 3. The second-order valence-corrected chi connectivity index (χ2v) is 5.82. The SMILES string of the molecule is O=C(O)C1(CNS(=O)(=O)C(F)(F)F)CCCC1. The summed E-state index contributed by atoms with van der Waals surface area (Å²) in [5.41, 5.74) is -6.82. The predicted octanol–water partition coefficient (Wildman–Crippen LogP) is 1.07. The van der Waals surface area contributed by atoms with Gasteiger partial charge in [-0.25, -0.2) is 13.1 Å². The van der Waals surface area contributed by atoms with E-state index in [0.717, 1.165) is 0 Å². The maximum Gasteiger partial charge on any atom is 0.511 e. The zero-order valence-electron chi connectivity index (χ0n) is 8.75. The minimum absolute atomic E-state index is 0.183. The zero-order valence-corrected chi connectivity index (χ0v) is 9.57. The quantitative estimate of drug-likeness (QED) is 0.804. The number of carboxylic acid groups (broad SMARTS) is 1. The highest BCUT2D eigenvalue weighted by atomic mass is 32.2. The average Bonchev–Trinajstić information content (AvgIpc) is 2.62. The normalized spacial score (nSPS) is 20.4. The molecule has 0 aromatic carbocycles. The van der Waals surface area contributed by atoms with Crippen molar-refractivity contribution in [3.05, 3.63) is 0 Å². The van der Waals surface area contributed by atoms with E-state index in [1.54, 1.807) is 0 Å². The molecule has 2 N–H and O–H groups in total. The lowest BCUT2D eigenvalue weighted by Gasteiger charge is -2.24. The van der Waals surface area contributed by atoms with E-state index in [-0.39, 0.29) is 12.8 Å². The Balaban J connectivity index is 2.76. The molecule has 1 rings (SSSR count). The van der Waals surface area contributed by atoms with Crippen molar-refractivity contribution >= 4 is 16.0 Å². The van der Waals surface area contributed by atoms with Gasteiger partial charge in [-0.05, 0) is 12.8 Å². The second kappa shape index (κ2) is 4.45. The number of sulfonamides is 1. The number of alkyl halides is 3. The summed E-state index contributed by atoms with van der Waals surface area (Å²) in [6.07, 6.45) is 1.51. The van der Waals surface area contributed by atoms with Crippen LogP contribution in [0.3, 0.4) is 0 Å². The first-order valence-corrected chi connectivity index (χ1v) is 6.38. The lowest BCUT2D eigenvalue weighted by Crippen LogP contribution is -2.45. The Hall–Kier alpha value is -0.830. The Kier molecular flexibility index (Phi) is 3.72. The molecule has 0 spiro atoms. The standard InChI is InChI=1S/C8H12F3NO4S/c9-8(10,11)17(15,16)12-5-7(6(13)14)3-1-2-4-7/h12H,1-5H2,(H,13,14). The molecule has 5 nitrogen and oxygen atoms in total. The van der Waals surface area contributed by atoms with Gasteiger partial charge >= 0.3 is 21.5 Å². The first-order valence-electron chi connectivity index (χ1n) is 4.90. The van der Waals surface area contributed by atoms with Gasteiger partial charge in [0, 0.05) is 6.54 Å². The fourth-order valence-corrected chi connectivity index (χ4v) is 2.46. The van der Waals surface area contributed by atoms with E-state index in [9.17, 15) is 26.4 Å². The lowest BCUT2D eigenvalue weighted by molar-refractivity contribution is -0.148. The van der Waals surface area contributed by atoms with E-state index < -0.39 is 33.5 Å². The Morgan fingerprint density at radius 1 is 1.29 bits per heavy atom. The summed E-state index contributed by atoms with van der Waals surface area (Å²) in [6, 6.07) is 0. The Morgan fingerprint density at radius 3 is 2.12 bits per heavy atom. The molecule has 0 bridgehead atoms. The third-order valence-corrected chi connectivity index (χ3v) is 4.05. The molecule has 9 heteroatoms. The Morgan fingerprint density at radius 2 is 1.76 bits per heavy atom. The van der Waals surface area contributed by atoms with E-state index in [2.05, 4.69) is 0 Å².